The SMILES string of the molecule is CC(=O)O[C@@]12CO[C@@H]1C[C@H](O)[C@@]1(C)C(=O)[C@H](O)C3=C(C)[C@@H](OC(=O)[C@H](O)[C@@H](N[B]C=O)c4ccccc4)C[C@@](O)([C@@H](OC(=O)c4ccccc4)C12)C3(C)C.CO[C@H]1C[C@H]2OC[C@@]2(OC(C)=O)C2[C@H](OC(=O)c3ccccc3)[C@]3(O)C[C@H](OC(=O)[C@H](O)[C@@H](N[B]C=O)c4ccccc4)C(C)=C([C@@H](CO)C(=O)[C@@]21C)C3(C)C. The molecule has 30 heteroatoms. The van der Waals surface area contributed by atoms with Crippen LogP contribution in [-0.2, 0) is 81.0 Å². The monoisotopic (exact) mass is 1520 g/mol. The second-order valence-corrected chi connectivity index (χ2v) is 31.3. The van der Waals surface area contributed by atoms with Crippen LogP contribution >= 0.6 is 0 Å². The second kappa shape index (κ2) is 31.6. The number of carbonyl (C=O) groups is 10. The first-order valence-corrected chi connectivity index (χ1v) is 36.5. The van der Waals surface area contributed by atoms with Crippen LogP contribution in [0.3, 0.4) is 0 Å². The van der Waals surface area contributed by atoms with Crippen LogP contribution in [-0.4, -0.2) is 227 Å². The minimum Gasteiger partial charge on any atom is -0.456 e. The highest BCUT2D eigenvalue weighted by atomic mass is 16.6. The number of hydrogen-bond acceptors (Lipinski definition) is 28. The van der Waals surface area contributed by atoms with Gasteiger partial charge in [0.2, 0.25) is 0 Å². The highest BCUT2D eigenvalue weighted by Crippen LogP contribution is 2.67. The zero-order chi connectivity index (χ0) is 80.2. The summed E-state index contributed by atoms with van der Waals surface area (Å²) in [6.07, 6.45) is -16.2. The van der Waals surface area contributed by atoms with E-state index >= 15 is 4.79 Å². The van der Waals surface area contributed by atoms with Crippen molar-refractivity contribution in [1.82, 2.24) is 10.5 Å². The lowest BCUT2D eigenvalue weighted by Crippen LogP contribution is -2.81. The molecule has 6 fully saturated rings. The summed E-state index contributed by atoms with van der Waals surface area (Å²) in [5.74, 6) is -11.0. The molecule has 8 aliphatic rings. The van der Waals surface area contributed by atoms with E-state index in [9.17, 15) is 78.9 Å². The number of methoxy groups -OCH3 is 1. The number of rotatable bonds is 22. The Bertz CT molecular complexity index is 4240. The van der Waals surface area contributed by atoms with Gasteiger partial charge in [0, 0.05) is 57.5 Å². The Morgan fingerprint density at radius 1 is 0.564 bits per heavy atom. The van der Waals surface area contributed by atoms with Crippen LogP contribution in [0, 0.1) is 39.4 Å². The van der Waals surface area contributed by atoms with Gasteiger partial charge < -0.3 is 98.4 Å². The fraction of sp³-hybridized carbons (Fsp3) is 0.525. The normalized spacial score (nSPS) is 34.6. The largest absolute Gasteiger partial charge is 0.456 e. The number of hydrogen-bond donors (Lipinski definition) is 9. The summed E-state index contributed by atoms with van der Waals surface area (Å²) in [5, 5.41) is 90.2. The molecule has 28 nitrogen and oxygen atoms in total. The Kier molecular flexibility index (Phi) is 23.7. The predicted octanol–water partition coefficient (Wildman–Crippen LogP) is 3.17. The van der Waals surface area contributed by atoms with Gasteiger partial charge in [0.15, 0.2) is 35.0 Å². The molecule has 2 saturated heterocycles. The summed E-state index contributed by atoms with van der Waals surface area (Å²) in [6.45, 7) is 13.8. The van der Waals surface area contributed by atoms with E-state index in [2.05, 4.69) is 10.5 Å². The van der Waals surface area contributed by atoms with Crippen molar-refractivity contribution in [3.63, 3.8) is 0 Å². The van der Waals surface area contributed by atoms with E-state index in [0.717, 1.165) is 21.8 Å². The molecule has 2 heterocycles. The first-order valence-electron chi connectivity index (χ1n) is 36.5. The summed E-state index contributed by atoms with van der Waals surface area (Å²) in [7, 11) is 3.48. The molecule has 4 aromatic rings. The van der Waals surface area contributed by atoms with Crippen molar-refractivity contribution in [3.05, 3.63) is 166 Å². The maximum Gasteiger partial charge on any atom is 0.338 e. The van der Waals surface area contributed by atoms with Crippen molar-refractivity contribution in [2.75, 3.05) is 26.9 Å². The molecule has 0 spiro atoms. The molecule has 2 unspecified atom stereocenters. The molecule has 4 bridgehead atoms. The molecule has 0 amide bonds. The van der Waals surface area contributed by atoms with Crippen LogP contribution in [0.15, 0.2) is 144 Å². The van der Waals surface area contributed by atoms with Gasteiger partial charge in [0.05, 0.1) is 96.2 Å². The van der Waals surface area contributed by atoms with Gasteiger partial charge in [-0.15, -0.1) is 0 Å². The average Bonchev–Trinajstić information content (AvgIpc) is 0.675. The molecular weight excluding hydrogens is 1430 g/mol. The number of Topliss-reactive ketones (excluding diaryl/α,β-unsaturated/α-hetero) is 2. The predicted molar refractivity (Wildman–Crippen MR) is 389 cm³/mol. The van der Waals surface area contributed by atoms with Crippen LogP contribution in [0.4, 0.5) is 0 Å². The van der Waals surface area contributed by atoms with E-state index in [1.165, 1.54) is 52.1 Å². The van der Waals surface area contributed by atoms with Gasteiger partial charge in [-0.1, -0.05) is 125 Å². The van der Waals surface area contributed by atoms with E-state index in [1.54, 1.807) is 139 Å². The molecule has 9 N–H and O–H groups in total. The molecular formula is C80H94B2N2O26. The first kappa shape index (κ1) is 82.5. The quantitative estimate of drug-likeness (QED) is 0.0179. The van der Waals surface area contributed by atoms with Gasteiger partial charge in [-0.25, -0.2) is 19.2 Å². The highest BCUT2D eigenvalue weighted by Gasteiger charge is 2.80. The van der Waals surface area contributed by atoms with Gasteiger partial charge in [-0.2, -0.15) is 0 Å². The van der Waals surface area contributed by atoms with Gasteiger partial charge in [-0.3, -0.25) is 19.2 Å². The molecule has 22 atom stereocenters. The Labute approximate surface area is 637 Å². The molecule has 6 aliphatic carbocycles. The number of ketones is 2. The lowest BCUT2D eigenvalue weighted by molar-refractivity contribution is -0.347. The molecule has 12 rings (SSSR count). The molecule has 4 saturated carbocycles. The Morgan fingerprint density at radius 2 is 0.945 bits per heavy atom. The zero-order valence-corrected chi connectivity index (χ0v) is 62.9. The van der Waals surface area contributed by atoms with Crippen molar-refractivity contribution >= 4 is 74.6 Å². The number of ether oxygens (including phenoxy) is 9. The fourth-order valence-electron chi connectivity index (χ4n) is 19.3. The lowest BCUT2D eigenvalue weighted by atomic mass is 9.43. The van der Waals surface area contributed by atoms with Crippen LogP contribution < -0.4 is 10.5 Å². The molecule has 2 aliphatic heterocycles. The summed E-state index contributed by atoms with van der Waals surface area (Å²) in [5.41, 5.74) is -12.7. The molecule has 110 heavy (non-hydrogen) atoms. The van der Waals surface area contributed by atoms with Crippen molar-refractivity contribution in [3.8, 4) is 0 Å². The van der Waals surface area contributed by atoms with Crippen LogP contribution in [0.25, 0.3) is 0 Å². The number of aliphatic hydroxyl groups excluding tert-OH is 5. The van der Waals surface area contributed by atoms with Crippen molar-refractivity contribution in [2.45, 2.75) is 197 Å². The second-order valence-electron chi connectivity index (χ2n) is 31.3. The lowest BCUT2D eigenvalue weighted by Gasteiger charge is -2.68. The maximum absolute atomic E-state index is 15.4. The number of fused-ring (bicyclic) bond motifs is 10. The smallest absolute Gasteiger partial charge is 0.338 e. The first-order chi connectivity index (χ1) is 52.0. The third kappa shape index (κ3) is 13.7. The van der Waals surface area contributed by atoms with Crippen molar-refractivity contribution in [1.29, 1.82) is 0 Å². The Hall–Kier alpha value is -8.49. The van der Waals surface area contributed by atoms with Gasteiger partial charge in [-0.05, 0) is 85.4 Å². The van der Waals surface area contributed by atoms with Crippen LogP contribution in [0.1, 0.15) is 139 Å². The molecule has 2 radical (unpaired) electrons. The van der Waals surface area contributed by atoms with Crippen LogP contribution in [0.2, 0.25) is 0 Å². The van der Waals surface area contributed by atoms with Crippen molar-refractivity contribution < 1.29 is 126 Å². The number of benzene rings is 4. The number of nitrogens with one attached hydrogen (secondary N) is 2. The summed E-state index contributed by atoms with van der Waals surface area (Å²) in [4.78, 5) is 134. The van der Waals surface area contributed by atoms with E-state index in [-0.39, 0.29) is 53.9 Å². The third-order valence-corrected chi connectivity index (χ3v) is 25.1. The van der Waals surface area contributed by atoms with Crippen molar-refractivity contribution in [2.24, 2.45) is 39.4 Å². The number of carbonyl (C=O) groups excluding carboxylic acids is 10. The number of aliphatic hydroxyl groups is 7. The Balaban J connectivity index is 0.000000218. The van der Waals surface area contributed by atoms with Crippen LogP contribution in [0.5, 0.6) is 0 Å². The van der Waals surface area contributed by atoms with E-state index in [1.807, 2.05) is 0 Å². The summed E-state index contributed by atoms with van der Waals surface area (Å²) >= 11 is 0. The Morgan fingerprint density at radius 3 is 1.32 bits per heavy atom. The summed E-state index contributed by atoms with van der Waals surface area (Å²) in [6, 6.07) is 30.5. The highest BCUT2D eigenvalue weighted by molar-refractivity contribution is 6.64. The fourth-order valence-corrected chi connectivity index (χ4v) is 19.3. The minimum absolute atomic E-state index is 0.0401. The zero-order valence-electron chi connectivity index (χ0n) is 62.9. The van der Waals surface area contributed by atoms with E-state index in [0.29, 0.717) is 29.1 Å². The van der Waals surface area contributed by atoms with Gasteiger partial charge >= 0.3 is 35.8 Å². The standard InChI is InChI=1S/C41H49BNO13.C39H45BNO13/c1-22-27(54-37(50)32(47)31(43-42-21-45)24-13-9-7-10-14-24)18-41(51)35(55-36(49)25-15-11-8-12-16-25)33-39(5,34(48)26(19-44)30(22)38(41,3)4)28(52-6)17-29-40(33,20-53-29)56-23(2)46;1-20-24(52-35(49)30(46)28(41-40-19-42)22-12-8-6-9-13-22)17-39(50)33(53-34(48)23-14-10-7-11-15-23)31-37(5,32(47)29(45)27(20)36(39,3)4)25(44)16-26-38(31,18-51-26)54-21(2)43/h7-16,21,26-29,31-33,35,43-44,47,51H,17-20H2,1-6H3;6-15,19,24-26,28-31,33,41,44-46,50H,16-18H2,1-5H3/t26-,27+,28+,29-,31+,32-,33?,35+,39-,40+,41-;24-,25-,26+,28-,29+,30+,31?,33-,37+,38-,39+/m10/s1. The molecule has 0 aromatic heterocycles. The topological polar surface area (TPSA) is 419 Å². The third-order valence-electron chi connectivity index (χ3n) is 25.1. The molecule has 586 valence electrons. The summed E-state index contributed by atoms with van der Waals surface area (Å²) < 4.78 is 54.6. The molecule has 4 aromatic carbocycles. The van der Waals surface area contributed by atoms with E-state index in [4.69, 9.17) is 42.6 Å². The average molecular weight is 1520 g/mol. The maximum atomic E-state index is 15.4. The van der Waals surface area contributed by atoms with Gasteiger partial charge in [0.25, 0.3) is 14.8 Å². The van der Waals surface area contributed by atoms with E-state index < -0.39 is 208 Å². The number of esters is 6. The van der Waals surface area contributed by atoms with Gasteiger partial charge in [0.1, 0.15) is 53.9 Å². The minimum atomic E-state index is -2.32.